The number of nitrogens with one attached hydrogen (secondary N) is 1. The lowest BCUT2D eigenvalue weighted by molar-refractivity contribution is 0.170. The quantitative estimate of drug-likeness (QED) is 0.857. The average Bonchev–Trinajstić information content (AvgIpc) is 3.04. The van der Waals surface area contributed by atoms with Crippen molar-refractivity contribution < 1.29 is 9.53 Å². The Morgan fingerprint density at radius 2 is 2.12 bits per heavy atom. The van der Waals surface area contributed by atoms with Crippen LogP contribution in [0.5, 0.6) is 0 Å². The molecule has 3 rings (SSSR count). The lowest BCUT2D eigenvalue weighted by atomic mass is 10.1. The first-order valence-corrected chi connectivity index (χ1v) is 9.06. The van der Waals surface area contributed by atoms with Gasteiger partial charge in [-0.25, -0.2) is 4.79 Å². The first kappa shape index (κ1) is 17.2. The molecule has 24 heavy (non-hydrogen) atoms. The first-order valence-electron chi connectivity index (χ1n) is 9.06. The zero-order valence-corrected chi connectivity index (χ0v) is 15.0. The van der Waals surface area contributed by atoms with Crippen molar-refractivity contribution >= 4 is 6.03 Å². The predicted octanol–water partition coefficient (Wildman–Crippen LogP) is 1.61. The molecule has 2 aliphatic heterocycles. The number of urea groups is 1. The van der Waals surface area contributed by atoms with Crippen LogP contribution in [-0.2, 0) is 24.1 Å². The number of carbonyl (C=O) groups is 1. The van der Waals surface area contributed by atoms with Crippen LogP contribution in [0.4, 0.5) is 4.79 Å². The molecule has 3 heterocycles. The number of aromatic nitrogens is 3. The lowest BCUT2D eigenvalue weighted by Crippen LogP contribution is -2.48. The smallest absolute Gasteiger partial charge is 0.317 e. The van der Waals surface area contributed by atoms with Gasteiger partial charge in [0.15, 0.2) is 0 Å². The fourth-order valence-corrected chi connectivity index (χ4v) is 3.77. The van der Waals surface area contributed by atoms with Crippen LogP contribution in [-0.4, -0.2) is 58.0 Å². The molecule has 134 valence electrons. The molecule has 0 saturated carbocycles. The molecule has 2 amide bonds. The number of amides is 2. The van der Waals surface area contributed by atoms with Crippen molar-refractivity contribution in [2.75, 3.05) is 20.3 Å². The number of hydrogen-bond donors (Lipinski definition) is 1. The molecule has 1 N–H and O–H groups in total. The van der Waals surface area contributed by atoms with Gasteiger partial charge in [-0.3, -0.25) is 0 Å². The van der Waals surface area contributed by atoms with Crippen molar-refractivity contribution in [3.8, 4) is 0 Å². The molecule has 1 aromatic heterocycles. The van der Waals surface area contributed by atoms with E-state index in [2.05, 4.69) is 38.8 Å². The van der Waals surface area contributed by atoms with E-state index in [0.29, 0.717) is 12.5 Å². The van der Waals surface area contributed by atoms with Gasteiger partial charge in [-0.05, 0) is 25.2 Å². The van der Waals surface area contributed by atoms with Gasteiger partial charge < -0.3 is 19.5 Å². The van der Waals surface area contributed by atoms with Gasteiger partial charge in [-0.1, -0.05) is 13.8 Å². The van der Waals surface area contributed by atoms with Gasteiger partial charge in [0.05, 0.1) is 12.6 Å². The molecular formula is C17H29N5O2. The van der Waals surface area contributed by atoms with Crippen LogP contribution in [0.25, 0.3) is 0 Å². The molecule has 0 radical (unpaired) electrons. The lowest BCUT2D eigenvalue weighted by Gasteiger charge is -2.28. The van der Waals surface area contributed by atoms with E-state index in [9.17, 15) is 4.79 Å². The second-order valence-electron chi connectivity index (χ2n) is 7.30. The second-order valence-corrected chi connectivity index (χ2v) is 7.30. The summed E-state index contributed by atoms with van der Waals surface area (Å²) in [6.45, 7) is 6.54. The summed E-state index contributed by atoms with van der Waals surface area (Å²) < 4.78 is 7.37. The summed E-state index contributed by atoms with van der Waals surface area (Å²) in [4.78, 5) is 14.7. The standard InChI is InChI=1S/C17H29N5O2/c1-12(2)6-8-18-17(23)22-13-4-5-14(22)11-21-15(7-9-24-3)19-20-16(21)10-13/h12-14H,4-11H2,1-3H3,(H,18,23)/t13-,14+/m0/s1. The van der Waals surface area contributed by atoms with Crippen LogP contribution >= 0.6 is 0 Å². The molecule has 1 aromatic rings. The maximum absolute atomic E-state index is 12.7. The van der Waals surface area contributed by atoms with Crippen molar-refractivity contribution in [3.05, 3.63) is 11.6 Å². The Kier molecular flexibility index (Phi) is 5.38. The van der Waals surface area contributed by atoms with Gasteiger partial charge in [0.25, 0.3) is 0 Å². The van der Waals surface area contributed by atoms with E-state index in [0.717, 1.165) is 56.8 Å². The van der Waals surface area contributed by atoms with E-state index < -0.39 is 0 Å². The van der Waals surface area contributed by atoms with Gasteiger partial charge >= 0.3 is 6.03 Å². The SMILES string of the molecule is COCCc1nnc2n1C[C@H]1CC[C@@H](C2)N1C(=O)NCCC(C)C. The number of rotatable bonds is 6. The normalized spacial score (nSPS) is 22.6. The minimum Gasteiger partial charge on any atom is -0.384 e. The van der Waals surface area contributed by atoms with E-state index in [1.165, 1.54) is 0 Å². The van der Waals surface area contributed by atoms with Crippen molar-refractivity contribution in [2.45, 2.75) is 64.6 Å². The Hall–Kier alpha value is -1.63. The average molecular weight is 335 g/mol. The van der Waals surface area contributed by atoms with E-state index in [1.807, 2.05) is 0 Å². The molecular weight excluding hydrogens is 306 g/mol. The van der Waals surface area contributed by atoms with Crippen molar-refractivity contribution in [1.82, 2.24) is 25.0 Å². The van der Waals surface area contributed by atoms with E-state index in [1.54, 1.807) is 7.11 Å². The third kappa shape index (κ3) is 3.55. The zero-order chi connectivity index (χ0) is 17.1. The summed E-state index contributed by atoms with van der Waals surface area (Å²) in [5.41, 5.74) is 0. The molecule has 1 fully saturated rings. The summed E-state index contributed by atoms with van der Waals surface area (Å²) in [5.74, 6) is 2.58. The molecule has 0 unspecified atom stereocenters. The van der Waals surface area contributed by atoms with Crippen LogP contribution in [0.3, 0.4) is 0 Å². The number of nitrogens with zero attached hydrogens (tertiary/aromatic N) is 4. The zero-order valence-electron chi connectivity index (χ0n) is 15.0. The Morgan fingerprint density at radius 1 is 1.33 bits per heavy atom. The van der Waals surface area contributed by atoms with Crippen LogP contribution in [0.2, 0.25) is 0 Å². The third-order valence-corrected chi connectivity index (χ3v) is 5.10. The summed E-state index contributed by atoms with van der Waals surface area (Å²) >= 11 is 0. The monoisotopic (exact) mass is 335 g/mol. The van der Waals surface area contributed by atoms with Crippen molar-refractivity contribution in [3.63, 3.8) is 0 Å². The topological polar surface area (TPSA) is 72.3 Å². The van der Waals surface area contributed by atoms with Crippen molar-refractivity contribution in [1.29, 1.82) is 0 Å². The number of hydrogen-bond acceptors (Lipinski definition) is 4. The predicted molar refractivity (Wildman–Crippen MR) is 90.8 cm³/mol. The Morgan fingerprint density at radius 3 is 2.88 bits per heavy atom. The minimum atomic E-state index is 0.0836. The van der Waals surface area contributed by atoms with Crippen LogP contribution in [0.15, 0.2) is 0 Å². The van der Waals surface area contributed by atoms with Gasteiger partial charge in [-0.2, -0.15) is 0 Å². The maximum Gasteiger partial charge on any atom is 0.317 e. The second kappa shape index (κ2) is 7.51. The molecule has 1 saturated heterocycles. The fraction of sp³-hybridized carbons (Fsp3) is 0.824. The Balaban J connectivity index is 1.68. The summed E-state index contributed by atoms with van der Waals surface area (Å²) in [6.07, 6.45) is 4.70. The Bertz CT molecular complexity index is 571. The van der Waals surface area contributed by atoms with Gasteiger partial charge in [0.2, 0.25) is 0 Å². The number of ether oxygens (including phenoxy) is 1. The highest BCUT2D eigenvalue weighted by atomic mass is 16.5. The molecule has 2 atom stereocenters. The molecule has 7 nitrogen and oxygen atoms in total. The third-order valence-electron chi connectivity index (χ3n) is 5.10. The highest BCUT2D eigenvalue weighted by Gasteiger charge is 2.40. The molecule has 0 aliphatic carbocycles. The van der Waals surface area contributed by atoms with Gasteiger partial charge in [-0.15, -0.1) is 10.2 Å². The van der Waals surface area contributed by atoms with E-state index in [-0.39, 0.29) is 18.1 Å². The van der Waals surface area contributed by atoms with Crippen LogP contribution in [0.1, 0.15) is 44.8 Å². The number of methoxy groups -OCH3 is 1. The Labute approximate surface area is 143 Å². The first-order chi connectivity index (χ1) is 11.6. The minimum absolute atomic E-state index is 0.0836. The largest absolute Gasteiger partial charge is 0.384 e. The summed E-state index contributed by atoms with van der Waals surface area (Å²) in [6, 6.07) is 0.572. The number of carbonyl (C=O) groups excluding carboxylic acids is 1. The summed E-state index contributed by atoms with van der Waals surface area (Å²) in [5, 5.41) is 11.8. The van der Waals surface area contributed by atoms with E-state index in [4.69, 9.17) is 4.74 Å². The molecule has 2 aliphatic rings. The highest BCUT2D eigenvalue weighted by Crippen LogP contribution is 2.31. The molecule has 0 spiro atoms. The van der Waals surface area contributed by atoms with Gasteiger partial charge in [0.1, 0.15) is 11.6 Å². The molecule has 0 aromatic carbocycles. The van der Waals surface area contributed by atoms with Crippen molar-refractivity contribution in [2.24, 2.45) is 5.92 Å². The molecule has 7 heteroatoms. The van der Waals surface area contributed by atoms with Gasteiger partial charge in [0, 0.05) is 39.1 Å². The highest BCUT2D eigenvalue weighted by molar-refractivity contribution is 5.75. The fourth-order valence-electron chi connectivity index (χ4n) is 3.77. The maximum atomic E-state index is 12.7. The number of fused-ring (bicyclic) bond motifs is 3. The molecule has 2 bridgehead atoms. The van der Waals surface area contributed by atoms with E-state index >= 15 is 0 Å². The van der Waals surface area contributed by atoms with Crippen LogP contribution < -0.4 is 5.32 Å². The van der Waals surface area contributed by atoms with Crippen LogP contribution in [0, 0.1) is 5.92 Å². The summed E-state index contributed by atoms with van der Waals surface area (Å²) in [7, 11) is 1.70.